The van der Waals surface area contributed by atoms with Gasteiger partial charge in [0.25, 0.3) is 11.8 Å². The van der Waals surface area contributed by atoms with Gasteiger partial charge in [0.2, 0.25) is 0 Å². The summed E-state index contributed by atoms with van der Waals surface area (Å²) in [6, 6.07) is 13.1. The molecule has 2 amide bonds. The molecule has 0 unspecified atom stereocenters. The molecule has 124 valence electrons. The van der Waals surface area contributed by atoms with E-state index in [2.05, 4.69) is 5.43 Å². The zero-order chi connectivity index (χ0) is 17.5. The Labute approximate surface area is 137 Å². The van der Waals surface area contributed by atoms with Gasteiger partial charge in [0.1, 0.15) is 5.75 Å². The molecule has 0 radical (unpaired) electrons. The molecule has 24 heavy (non-hydrogen) atoms. The summed E-state index contributed by atoms with van der Waals surface area (Å²) in [5.41, 5.74) is 4.17. The molecule has 0 spiro atoms. The molecule has 0 aliphatic rings. The number of hydrogen-bond donors (Lipinski definition) is 2. The highest BCUT2D eigenvalue weighted by atomic mass is 16.5. The van der Waals surface area contributed by atoms with Crippen LogP contribution in [0.25, 0.3) is 10.8 Å². The van der Waals surface area contributed by atoms with Crippen molar-refractivity contribution in [2.45, 2.75) is 13.0 Å². The van der Waals surface area contributed by atoms with Gasteiger partial charge in [-0.2, -0.15) is 0 Å². The maximum Gasteiger partial charge on any atom is 0.279 e. The van der Waals surface area contributed by atoms with Gasteiger partial charge in [0.15, 0.2) is 6.10 Å². The number of hydrazine groups is 1. The van der Waals surface area contributed by atoms with Crippen LogP contribution >= 0.6 is 0 Å². The van der Waals surface area contributed by atoms with Crippen molar-refractivity contribution in [1.29, 1.82) is 0 Å². The maximum absolute atomic E-state index is 11.8. The van der Waals surface area contributed by atoms with E-state index >= 15 is 0 Å². The van der Waals surface area contributed by atoms with E-state index in [-0.39, 0.29) is 0 Å². The first kappa shape index (κ1) is 17.0. The van der Waals surface area contributed by atoms with Gasteiger partial charge in [0.05, 0.1) is 5.97 Å². The lowest BCUT2D eigenvalue weighted by Gasteiger charge is -2.15. The predicted molar refractivity (Wildman–Crippen MR) is 84.5 cm³/mol. The van der Waals surface area contributed by atoms with E-state index < -0.39 is 23.9 Å². The van der Waals surface area contributed by atoms with Crippen LogP contribution in [-0.4, -0.2) is 23.9 Å². The van der Waals surface area contributed by atoms with Crippen LogP contribution in [0.4, 0.5) is 0 Å². The van der Waals surface area contributed by atoms with Crippen molar-refractivity contribution in [3.05, 3.63) is 54.6 Å². The Morgan fingerprint density at radius 1 is 1.04 bits per heavy atom. The number of carbonyl (C=O) groups is 3. The summed E-state index contributed by atoms with van der Waals surface area (Å²) < 4.78 is 5.53. The molecule has 2 rings (SSSR count). The molecule has 0 aromatic heterocycles. The number of carbonyl (C=O) groups excluding carboxylic acids is 3. The fourth-order valence-corrected chi connectivity index (χ4v) is 1.91. The van der Waals surface area contributed by atoms with Gasteiger partial charge in [-0.1, -0.05) is 30.3 Å². The van der Waals surface area contributed by atoms with Crippen LogP contribution < -0.4 is 20.7 Å². The summed E-state index contributed by atoms with van der Waals surface area (Å²) in [4.78, 5) is 33.2. The Kier molecular flexibility index (Phi) is 5.51. The number of aliphatic carboxylic acids is 1. The first-order valence-corrected chi connectivity index (χ1v) is 7.10. The van der Waals surface area contributed by atoms with E-state index in [4.69, 9.17) is 4.74 Å². The number of carboxylic acid groups (broad SMARTS) is 1. The average Bonchev–Trinajstić information content (AvgIpc) is 2.57. The van der Waals surface area contributed by atoms with Crippen LogP contribution in [0.3, 0.4) is 0 Å². The number of carboxylic acids is 1. The van der Waals surface area contributed by atoms with Crippen LogP contribution in [0, 0.1) is 0 Å². The molecule has 2 N–H and O–H groups in total. The Balaban J connectivity index is 1.90. The minimum absolute atomic E-state index is 0.513. The van der Waals surface area contributed by atoms with Gasteiger partial charge >= 0.3 is 0 Å². The van der Waals surface area contributed by atoms with Crippen LogP contribution in [0.1, 0.15) is 6.92 Å². The molecule has 7 heteroatoms. The molecule has 0 aliphatic carbocycles. The zero-order valence-corrected chi connectivity index (χ0v) is 12.8. The predicted octanol–water partition coefficient (Wildman–Crippen LogP) is 0.0606. The molecule has 0 fully saturated rings. The van der Waals surface area contributed by atoms with Crippen LogP contribution in [0.2, 0.25) is 0 Å². The molecule has 2 aromatic carbocycles. The number of amides is 2. The topological polar surface area (TPSA) is 108 Å². The maximum atomic E-state index is 11.8. The highest BCUT2D eigenvalue weighted by Gasteiger charge is 2.15. The van der Waals surface area contributed by atoms with E-state index in [0.29, 0.717) is 11.8 Å². The molecule has 1 atom stereocenters. The second-order valence-corrected chi connectivity index (χ2v) is 4.90. The third kappa shape index (κ3) is 4.84. The number of nitrogens with one attached hydrogen (secondary N) is 2. The van der Waals surface area contributed by atoms with Crippen molar-refractivity contribution in [2.75, 3.05) is 0 Å². The minimum Gasteiger partial charge on any atom is -0.545 e. The zero-order valence-electron chi connectivity index (χ0n) is 12.8. The highest BCUT2D eigenvalue weighted by molar-refractivity contribution is 5.94. The van der Waals surface area contributed by atoms with Gasteiger partial charge in [-0.15, -0.1) is 0 Å². The normalized spacial score (nSPS) is 11.9. The molecular weight excluding hydrogens is 312 g/mol. The molecule has 0 saturated carbocycles. The largest absolute Gasteiger partial charge is 0.545 e. The van der Waals surface area contributed by atoms with Gasteiger partial charge in [0, 0.05) is 6.08 Å². The smallest absolute Gasteiger partial charge is 0.279 e. The number of ether oxygens (including phenoxy) is 1. The fraction of sp³-hybridized carbons (Fsp3) is 0.118. The number of fused-ring (bicyclic) bond motifs is 1. The second kappa shape index (κ2) is 7.77. The molecule has 0 saturated heterocycles. The van der Waals surface area contributed by atoms with Crippen molar-refractivity contribution in [2.24, 2.45) is 0 Å². The first-order chi connectivity index (χ1) is 11.5. The number of benzene rings is 2. The van der Waals surface area contributed by atoms with Gasteiger partial charge in [-0.05, 0) is 35.9 Å². The molecule has 0 heterocycles. The third-order valence-electron chi connectivity index (χ3n) is 3.08. The van der Waals surface area contributed by atoms with E-state index in [0.717, 1.165) is 16.8 Å². The van der Waals surface area contributed by atoms with E-state index in [1.807, 2.05) is 35.8 Å². The summed E-state index contributed by atoms with van der Waals surface area (Å²) in [6.07, 6.45) is 0.414. The van der Waals surface area contributed by atoms with Crippen LogP contribution in [0.15, 0.2) is 54.6 Å². The van der Waals surface area contributed by atoms with E-state index in [1.54, 1.807) is 12.1 Å². The van der Waals surface area contributed by atoms with Crippen molar-refractivity contribution < 1.29 is 24.2 Å². The number of hydrogen-bond acceptors (Lipinski definition) is 5. The Hall–Kier alpha value is -3.35. The Morgan fingerprint density at radius 3 is 2.46 bits per heavy atom. The summed E-state index contributed by atoms with van der Waals surface area (Å²) in [6.45, 7) is 1.52. The van der Waals surface area contributed by atoms with Gasteiger partial charge < -0.3 is 14.6 Å². The molecule has 2 aromatic rings. The lowest BCUT2D eigenvalue weighted by molar-refractivity contribution is -0.297. The first-order valence-electron chi connectivity index (χ1n) is 7.10. The van der Waals surface area contributed by atoms with Crippen molar-refractivity contribution in [1.82, 2.24) is 10.9 Å². The summed E-state index contributed by atoms with van der Waals surface area (Å²) in [7, 11) is 0. The summed E-state index contributed by atoms with van der Waals surface area (Å²) in [5, 5.41) is 12.2. The van der Waals surface area contributed by atoms with Crippen molar-refractivity contribution >= 4 is 28.6 Å². The molecule has 0 aliphatic heterocycles. The summed E-state index contributed by atoms with van der Waals surface area (Å²) in [5.74, 6) is -2.38. The highest BCUT2D eigenvalue weighted by Crippen LogP contribution is 2.21. The van der Waals surface area contributed by atoms with Crippen molar-refractivity contribution in [3.63, 3.8) is 0 Å². The number of rotatable bonds is 5. The molecule has 7 nitrogen and oxygen atoms in total. The second-order valence-electron chi connectivity index (χ2n) is 4.90. The lowest BCUT2D eigenvalue weighted by atomic mass is 10.1. The summed E-state index contributed by atoms with van der Waals surface area (Å²) >= 11 is 0. The SMILES string of the molecule is C[C@H](Oc1ccc2ccccc2c1)C(=O)NNC(=O)/C=C/C(=O)[O-]. The lowest BCUT2D eigenvalue weighted by Crippen LogP contribution is -2.46. The van der Waals surface area contributed by atoms with Gasteiger partial charge in [-0.25, -0.2) is 0 Å². The average molecular weight is 327 g/mol. The van der Waals surface area contributed by atoms with E-state index in [1.165, 1.54) is 6.92 Å². The Bertz CT molecular complexity index is 800. The third-order valence-corrected chi connectivity index (χ3v) is 3.08. The quantitative estimate of drug-likeness (QED) is 0.596. The minimum atomic E-state index is -1.51. The van der Waals surface area contributed by atoms with E-state index in [9.17, 15) is 19.5 Å². The monoisotopic (exact) mass is 327 g/mol. The van der Waals surface area contributed by atoms with Crippen LogP contribution in [0.5, 0.6) is 5.75 Å². The van der Waals surface area contributed by atoms with Gasteiger partial charge in [-0.3, -0.25) is 20.4 Å². The molecular formula is C17H15N2O5-. The molecule has 0 bridgehead atoms. The van der Waals surface area contributed by atoms with Crippen molar-refractivity contribution in [3.8, 4) is 5.75 Å². The standard InChI is InChI=1S/C17H16N2O5/c1-11(17(23)19-18-15(20)8-9-16(21)22)24-14-7-6-12-4-2-3-5-13(12)10-14/h2-11H,1H3,(H,18,20)(H,19,23)(H,21,22)/p-1/b9-8+/t11-/m0/s1. The van der Waals surface area contributed by atoms with Crippen LogP contribution in [-0.2, 0) is 14.4 Å². The fourth-order valence-electron chi connectivity index (χ4n) is 1.91. The Morgan fingerprint density at radius 2 is 1.75 bits per heavy atom.